The molecule has 3 rings (SSSR count). The van der Waals surface area contributed by atoms with E-state index in [4.69, 9.17) is 16.0 Å². The topological polar surface area (TPSA) is 25.2 Å². The molecule has 1 aliphatic heterocycles. The van der Waals surface area contributed by atoms with Crippen molar-refractivity contribution in [3.63, 3.8) is 0 Å². The number of hydrogen-bond donors (Lipinski definition) is 1. The monoisotopic (exact) mass is 283 g/mol. The van der Waals surface area contributed by atoms with E-state index in [1.165, 1.54) is 11.1 Å². The smallest absolute Gasteiger partial charge is 0.142 e. The highest BCUT2D eigenvalue weighted by atomic mass is 35.5. The maximum atomic E-state index is 6.15. The molecule has 18 heavy (non-hydrogen) atoms. The Hall–Kier alpha value is -0.960. The van der Waals surface area contributed by atoms with Crippen molar-refractivity contribution in [2.75, 3.05) is 6.54 Å². The minimum atomic E-state index is 0. The molecule has 2 nitrogen and oxygen atoms in total. The fraction of sp³-hybridized carbons (Fsp3) is 0.286. The molecule has 1 aliphatic rings. The summed E-state index contributed by atoms with van der Waals surface area (Å²) in [5.74, 6) is 0. The molecule has 1 unspecified atom stereocenters. The van der Waals surface area contributed by atoms with Crippen LogP contribution in [0, 0.1) is 0 Å². The molecule has 2 heterocycles. The van der Waals surface area contributed by atoms with Crippen LogP contribution in [0.25, 0.3) is 16.5 Å². The van der Waals surface area contributed by atoms with Crippen molar-refractivity contribution >= 4 is 40.6 Å². The van der Waals surface area contributed by atoms with Gasteiger partial charge in [0.15, 0.2) is 0 Å². The SMILES string of the molecule is CC1CC(c2ccc(Cl)c3ccoc23)=CCN1.Cl. The lowest BCUT2D eigenvalue weighted by molar-refractivity contribution is 0.577. The van der Waals surface area contributed by atoms with E-state index in [1.807, 2.05) is 12.1 Å². The van der Waals surface area contributed by atoms with Crippen LogP contribution >= 0.6 is 24.0 Å². The lowest BCUT2D eigenvalue weighted by Crippen LogP contribution is -2.29. The second-order valence-electron chi connectivity index (χ2n) is 4.50. The normalized spacial score (nSPS) is 19.4. The van der Waals surface area contributed by atoms with Crippen molar-refractivity contribution in [2.45, 2.75) is 19.4 Å². The first-order valence-electron chi connectivity index (χ1n) is 5.84. The van der Waals surface area contributed by atoms with Crippen LogP contribution in [0.1, 0.15) is 18.9 Å². The first kappa shape index (κ1) is 13.5. The molecule has 1 aromatic carbocycles. The molecule has 0 amide bonds. The van der Waals surface area contributed by atoms with Crippen LogP contribution in [0.3, 0.4) is 0 Å². The second kappa shape index (κ2) is 5.35. The summed E-state index contributed by atoms with van der Waals surface area (Å²) in [4.78, 5) is 0. The predicted molar refractivity (Wildman–Crippen MR) is 78.5 cm³/mol. The van der Waals surface area contributed by atoms with Gasteiger partial charge in [0.1, 0.15) is 5.58 Å². The summed E-state index contributed by atoms with van der Waals surface area (Å²) >= 11 is 6.15. The minimum absolute atomic E-state index is 0. The molecule has 1 atom stereocenters. The van der Waals surface area contributed by atoms with Gasteiger partial charge in [-0.05, 0) is 37.1 Å². The fourth-order valence-corrected chi connectivity index (χ4v) is 2.58. The average molecular weight is 284 g/mol. The highest BCUT2D eigenvalue weighted by Gasteiger charge is 2.16. The van der Waals surface area contributed by atoms with Gasteiger partial charge in [-0.15, -0.1) is 12.4 Å². The predicted octanol–water partition coefficient (Wildman–Crippen LogP) is 4.27. The van der Waals surface area contributed by atoms with Gasteiger partial charge in [0.05, 0.1) is 11.3 Å². The average Bonchev–Trinajstić information content (AvgIpc) is 2.79. The third kappa shape index (κ3) is 2.28. The number of furan rings is 1. The van der Waals surface area contributed by atoms with E-state index in [0.717, 1.165) is 29.0 Å². The van der Waals surface area contributed by atoms with E-state index in [-0.39, 0.29) is 12.4 Å². The van der Waals surface area contributed by atoms with Crippen LogP contribution in [0.2, 0.25) is 5.02 Å². The minimum Gasteiger partial charge on any atom is -0.464 e. The quantitative estimate of drug-likeness (QED) is 0.845. The maximum Gasteiger partial charge on any atom is 0.142 e. The summed E-state index contributed by atoms with van der Waals surface area (Å²) in [5.41, 5.74) is 3.41. The Kier molecular flexibility index (Phi) is 4.00. The largest absolute Gasteiger partial charge is 0.464 e. The van der Waals surface area contributed by atoms with Crippen molar-refractivity contribution in [3.8, 4) is 0 Å². The molecular weight excluding hydrogens is 269 g/mol. The summed E-state index contributed by atoms with van der Waals surface area (Å²) in [5, 5.41) is 5.15. The van der Waals surface area contributed by atoms with Gasteiger partial charge < -0.3 is 9.73 Å². The molecular formula is C14H15Cl2NO. The van der Waals surface area contributed by atoms with Crippen LogP contribution in [0.4, 0.5) is 0 Å². The molecule has 4 heteroatoms. The molecule has 0 aliphatic carbocycles. The lowest BCUT2D eigenvalue weighted by Gasteiger charge is -2.21. The van der Waals surface area contributed by atoms with E-state index < -0.39 is 0 Å². The molecule has 0 fully saturated rings. The van der Waals surface area contributed by atoms with Gasteiger partial charge in [-0.25, -0.2) is 0 Å². The van der Waals surface area contributed by atoms with Gasteiger partial charge in [-0.1, -0.05) is 17.7 Å². The van der Waals surface area contributed by atoms with Gasteiger partial charge in [-0.2, -0.15) is 0 Å². The summed E-state index contributed by atoms with van der Waals surface area (Å²) < 4.78 is 5.57. The molecule has 2 aromatic rings. The van der Waals surface area contributed by atoms with Crippen molar-refractivity contribution in [1.82, 2.24) is 5.32 Å². The van der Waals surface area contributed by atoms with Crippen molar-refractivity contribution in [2.24, 2.45) is 0 Å². The van der Waals surface area contributed by atoms with E-state index >= 15 is 0 Å². The first-order valence-corrected chi connectivity index (χ1v) is 6.22. The number of benzene rings is 1. The Bertz CT molecular complexity index is 588. The zero-order valence-electron chi connectivity index (χ0n) is 10.1. The molecule has 1 aromatic heterocycles. The first-order chi connectivity index (χ1) is 8.25. The summed E-state index contributed by atoms with van der Waals surface area (Å²) in [6.45, 7) is 3.11. The highest BCUT2D eigenvalue weighted by molar-refractivity contribution is 6.35. The van der Waals surface area contributed by atoms with Gasteiger partial charge in [0.2, 0.25) is 0 Å². The standard InChI is InChI=1S/C14H14ClNO.ClH/c1-9-8-10(4-6-16-9)11-2-3-13(15)12-5-7-17-14(11)12;/h2-5,7,9,16H,6,8H2,1H3;1H. The van der Waals surface area contributed by atoms with Gasteiger partial charge in [0.25, 0.3) is 0 Å². The van der Waals surface area contributed by atoms with Crippen LogP contribution in [0.15, 0.2) is 35.0 Å². The third-order valence-corrected chi connectivity index (χ3v) is 3.58. The van der Waals surface area contributed by atoms with Gasteiger partial charge >= 0.3 is 0 Å². The molecule has 1 N–H and O–H groups in total. The Morgan fingerprint density at radius 3 is 2.94 bits per heavy atom. The number of fused-ring (bicyclic) bond motifs is 1. The molecule has 0 spiro atoms. The summed E-state index contributed by atoms with van der Waals surface area (Å²) in [6, 6.07) is 6.43. The Morgan fingerprint density at radius 1 is 1.33 bits per heavy atom. The zero-order chi connectivity index (χ0) is 11.8. The lowest BCUT2D eigenvalue weighted by atomic mass is 9.95. The summed E-state index contributed by atoms with van der Waals surface area (Å²) in [6.07, 6.45) is 4.95. The Labute approximate surface area is 117 Å². The third-order valence-electron chi connectivity index (χ3n) is 3.25. The number of rotatable bonds is 1. The molecule has 0 radical (unpaired) electrons. The second-order valence-corrected chi connectivity index (χ2v) is 4.91. The molecule has 0 saturated heterocycles. The Morgan fingerprint density at radius 2 is 2.17 bits per heavy atom. The van der Waals surface area contributed by atoms with Crippen molar-refractivity contribution in [3.05, 3.63) is 41.1 Å². The number of hydrogen-bond acceptors (Lipinski definition) is 2. The van der Waals surface area contributed by atoms with E-state index in [2.05, 4.69) is 24.4 Å². The van der Waals surface area contributed by atoms with Crippen molar-refractivity contribution in [1.29, 1.82) is 0 Å². The maximum absolute atomic E-state index is 6.15. The number of halogens is 2. The fourth-order valence-electron chi connectivity index (χ4n) is 2.37. The molecule has 0 bridgehead atoms. The van der Waals surface area contributed by atoms with Crippen molar-refractivity contribution < 1.29 is 4.42 Å². The van der Waals surface area contributed by atoms with Crippen LogP contribution in [0.5, 0.6) is 0 Å². The molecule has 0 saturated carbocycles. The van der Waals surface area contributed by atoms with Crippen LogP contribution in [-0.4, -0.2) is 12.6 Å². The van der Waals surface area contributed by atoms with E-state index in [9.17, 15) is 0 Å². The summed E-state index contributed by atoms with van der Waals surface area (Å²) in [7, 11) is 0. The zero-order valence-corrected chi connectivity index (χ0v) is 11.6. The highest BCUT2D eigenvalue weighted by Crippen LogP contribution is 2.33. The Balaban J connectivity index is 0.00000120. The van der Waals surface area contributed by atoms with Crippen LogP contribution in [-0.2, 0) is 0 Å². The van der Waals surface area contributed by atoms with Gasteiger partial charge in [0, 0.05) is 23.5 Å². The van der Waals surface area contributed by atoms with Gasteiger partial charge in [-0.3, -0.25) is 0 Å². The van der Waals surface area contributed by atoms with Crippen LogP contribution < -0.4 is 5.32 Å². The van der Waals surface area contributed by atoms with E-state index in [0.29, 0.717) is 6.04 Å². The van der Waals surface area contributed by atoms with E-state index in [1.54, 1.807) is 6.26 Å². The molecule has 96 valence electrons. The number of nitrogens with one attached hydrogen (secondary N) is 1.